The summed E-state index contributed by atoms with van der Waals surface area (Å²) < 4.78 is 11.5. The molecule has 0 aliphatic carbocycles. The Kier molecular flexibility index (Phi) is 8.44. The minimum Gasteiger partial charge on any atom is -0.459 e. The zero-order chi connectivity index (χ0) is 21.4. The molecule has 0 aliphatic rings. The number of esters is 2. The highest BCUT2D eigenvalue weighted by molar-refractivity contribution is 5.90. The monoisotopic (exact) mass is 396 g/mol. The topological polar surface area (TPSA) is 52.6 Å². The Labute approximate surface area is 174 Å². The fourth-order valence-electron chi connectivity index (χ4n) is 3.32. The summed E-state index contributed by atoms with van der Waals surface area (Å²) in [5.74, 6) is -0.772. The lowest BCUT2D eigenvalue weighted by atomic mass is 9.91. The van der Waals surface area contributed by atoms with E-state index in [1.165, 1.54) is 0 Å². The third-order valence-corrected chi connectivity index (χ3v) is 5.26. The molecule has 29 heavy (non-hydrogen) atoms. The molecule has 4 heteroatoms. The Hall–Kier alpha value is -2.62. The van der Waals surface area contributed by atoms with Crippen molar-refractivity contribution in [2.24, 2.45) is 5.92 Å². The van der Waals surface area contributed by atoms with Crippen LogP contribution >= 0.6 is 0 Å². The molecular formula is C25H32O4. The Morgan fingerprint density at radius 1 is 0.759 bits per heavy atom. The zero-order valence-corrected chi connectivity index (χ0v) is 18.1. The standard InChI is InChI=1S/C25H32O4/c1-6-7-8-23(19(4)28-24(26)21-13-9-17(2)10-14-21)20(5)29-25(27)22-15-11-18(3)12-16-22/h9-16,19-20,23H,6-8H2,1-5H3. The number of hydrogen-bond acceptors (Lipinski definition) is 4. The van der Waals surface area contributed by atoms with Crippen molar-refractivity contribution in [2.45, 2.75) is 66.1 Å². The Morgan fingerprint density at radius 2 is 1.14 bits per heavy atom. The maximum atomic E-state index is 12.5. The zero-order valence-electron chi connectivity index (χ0n) is 18.1. The second kappa shape index (κ2) is 10.8. The molecule has 0 N–H and O–H groups in total. The molecule has 0 heterocycles. The minimum absolute atomic E-state index is 0.0706. The largest absolute Gasteiger partial charge is 0.459 e. The van der Waals surface area contributed by atoms with Gasteiger partial charge in [0.05, 0.1) is 11.1 Å². The summed E-state index contributed by atoms with van der Waals surface area (Å²) in [5.41, 5.74) is 3.24. The van der Waals surface area contributed by atoms with Gasteiger partial charge in [-0.25, -0.2) is 9.59 Å². The van der Waals surface area contributed by atoms with Crippen molar-refractivity contribution in [3.05, 3.63) is 70.8 Å². The van der Waals surface area contributed by atoms with E-state index in [4.69, 9.17) is 9.47 Å². The Morgan fingerprint density at radius 3 is 1.48 bits per heavy atom. The number of carbonyl (C=O) groups excluding carboxylic acids is 2. The van der Waals surface area contributed by atoms with Gasteiger partial charge in [-0.05, 0) is 58.4 Å². The maximum Gasteiger partial charge on any atom is 0.338 e. The molecule has 0 amide bonds. The summed E-state index contributed by atoms with van der Waals surface area (Å²) in [4.78, 5) is 25.0. The highest BCUT2D eigenvalue weighted by Crippen LogP contribution is 2.24. The van der Waals surface area contributed by atoms with Crippen LogP contribution in [0.1, 0.15) is 71.9 Å². The van der Waals surface area contributed by atoms with E-state index in [1.54, 1.807) is 24.3 Å². The van der Waals surface area contributed by atoms with Crippen LogP contribution in [0.5, 0.6) is 0 Å². The van der Waals surface area contributed by atoms with Gasteiger partial charge in [0.1, 0.15) is 12.2 Å². The molecule has 0 aliphatic heterocycles. The van der Waals surface area contributed by atoms with Crippen molar-refractivity contribution >= 4 is 11.9 Å². The number of carbonyl (C=O) groups is 2. The minimum atomic E-state index is -0.365. The lowest BCUT2D eigenvalue weighted by Crippen LogP contribution is -2.35. The summed E-state index contributed by atoms with van der Waals surface area (Å²) in [5, 5.41) is 0. The van der Waals surface area contributed by atoms with Gasteiger partial charge in [-0.3, -0.25) is 0 Å². The molecule has 2 unspecified atom stereocenters. The molecule has 2 aromatic rings. The molecule has 0 fully saturated rings. The van der Waals surface area contributed by atoms with E-state index in [0.717, 1.165) is 30.4 Å². The van der Waals surface area contributed by atoms with E-state index in [2.05, 4.69) is 6.92 Å². The van der Waals surface area contributed by atoms with Crippen LogP contribution in [0, 0.1) is 19.8 Å². The van der Waals surface area contributed by atoms with Crippen molar-refractivity contribution < 1.29 is 19.1 Å². The number of aryl methyl sites for hydroxylation is 2. The van der Waals surface area contributed by atoms with Gasteiger partial charge in [-0.2, -0.15) is 0 Å². The lowest BCUT2D eigenvalue weighted by Gasteiger charge is -2.29. The van der Waals surface area contributed by atoms with Crippen molar-refractivity contribution in [1.29, 1.82) is 0 Å². The average molecular weight is 397 g/mol. The molecule has 2 atom stereocenters. The van der Waals surface area contributed by atoms with Gasteiger partial charge in [0.2, 0.25) is 0 Å². The third-order valence-electron chi connectivity index (χ3n) is 5.26. The van der Waals surface area contributed by atoms with Crippen LogP contribution in [0.4, 0.5) is 0 Å². The second-order valence-electron chi connectivity index (χ2n) is 7.76. The predicted octanol–water partition coefficient (Wildman–Crippen LogP) is 5.90. The number of ether oxygens (including phenoxy) is 2. The molecule has 156 valence electrons. The number of unbranched alkanes of at least 4 members (excludes halogenated alkanes) is 1. The first-order valence-corrected chi connectivity index (χ1v) is 10.4. The first-order chi connectivity index (χ1) is 13.8. The van der Waals surface area contributed by atoms with Crippen LogP contribution in [0.3, 0.4) is 0 Å². The van der Waals surface area contributed by atoms with Crippen LogP contribution in [0.25, 0.3) is 0 Å². The van der Waals surface area contributed by atoms with Gasteiger partial charge < -0.3 is 9.47 Å². The van der Waals surface area contributed by atoms with E-state index in [0.29, 0.717) is 11.1 Å². The highest BCUT2D eigenvalue weighted by Gasteiger charge is 2.29. The lowest BCUT2D eigenvalue weighted by molar-refractivity contribution is -0.0250. The van der Waals surface area contributed by atoms with Crippen molar-refractivity contribution in [3.8, 4) is 0 Å². The molecule has 0 saturated carbocycles. The quantitative estimate of drug-likeness (QED) is 0.495. The summed E-state index contributed by atoms with van der Waals surface area (Å²) in [6, 6.07) is 14.6. The summed E-state index contributed by atoms with van der Waals surface area (Å²) in [6.07, 6.45) is 2.09. The number of benzene rings is 2. The molecule has 0 spiro atoms. The van der Waals surface area contributed by atoms with Gasteiger partial charge in [0.25, 0.3) is 0 Å². The summed E-state index contributed by atoms with van der Waals surface area (Å²) in [7, 11) is 0. The van der Waals surface area contributed by atoms with Crippen LogP contribution in [-0.2, 0) is 9.47 Å². The molecule has 0 aromatic heterocycles. The predicted molar refractivity (Wildman–Crippen MR) is 115 cm³/mol. The van der Waals surface area contributed by atoms with Crippen LogP contribution in [-0.4, -0.2) is 24.1 Å². The molecule has 0 saturated heterocycles. The van der Waals surface area contributed by atoms with Crippen molar-refractivity contribution in [1.82, 2.24) is 0 Å². The van der Waals surface area contributed by atoms with Gasteiger partial charge in [0.15, 0.2) is 0 Å². The van der Waals surface area contributed by atoms with Crippen molar-refractivity contribution in [3.63, 3.8) is 0 Å². The Bertz CT molecular complexity index is 727. The molecular weight excluding hydrogens is 364 g/mol. The molecule has 0 bridgehead atoms. The molecule has 2 rings (SSSR count). The van der Waals surface area contributed by atoms with Gasteiger partial charge in [-0.1, -0.05) is 55.2 Å². The second-order valence-corrected chi connectivity index (χ2v) is 7.76. The van der Waals surface area contributed by atoms with Gasteiger partial charge in [0, 0.05) is 5.92 Å². The van der Waals surface area contributed by atoms with E-state index >= 15 is 0 Å². The van der Waals surface area contributed by atoms with E-state index in [9.17, 15) is 9.59 Å². The van der Waals surface area contributed by atoms with E-state index < -0.39 is 0 Å². The normalized spacial score (nSPS) is 14.0. The number of hydrogen-bond donors (Lipinski definition) is 0. The maximum absolute atomic E-state index is 12.5. The fraction of sp³-hybridized carbons (Fsp3) is 0.440. The summed E-state index contributed by atoms with van der Waals surface area (Å²) >= 11 is 0. The number of rotatable bonds is 9. The molecule has 0 radical (unpaired) electrons. The van der Waals surface area contributed by atoms with E-state index in [-0.39, 0.29) is 30.1 Å². The first kappa shape index (κ1) is 22.7. The van der Waals surface area contributed by atoms with E-state index in [1.807, 2.05) is 52.0 Å². The van der Waals surface area contributed by atoms with Crippen molar-refractivity contribution in [2.75, 3.05) is 0 Å². The SMILES string of the molecule is CCCCC(C(C)OC(=O)c1ccc(C)cc1)C(C)OC(=O)c1ccc(C)cc1. The third kappa shape index (κ3) is 6.74. The highest BCUT2D eigenvalue weighted by atomic mass is 16.6. The van der Waals surface area contributed by atoms with Gasteiger partial charge >= 0.3 is 11.9 Å². The Balaban J connectivity index is 2.05. The molecule has 4 nitrogen and oxygen atoms in total. The van der Waals surface area contributed by atoms with Crippen LogP contribution in [0.2, 0.25) is 0 Å². The smallest absolute Gasteiger partial charge is 0.338 e. The van der Waals surface area contributed by atoms with Gasteiger partial charge in [-0.15, -0.1) is 0 Å². The first-order valence-electron chi connectivity index (χ1n) is 10.4. The van der Waals surface area contributed by atoms with Crippen LogP contribution in [0.15, 0.2) is 48.5 Å². The molecule has 2 aromatic carbocycles. The summed E-state index contributed by atoms with van der Waals surface area (Å²) in [6.45, 7) is 9.82. The van der Waals surface area contributed by atoms with Crippen LogP contribution < -0.4 is 0 Å². The average Bonchev–Trinajstić information content (AvgIpc) is 2.69. The fourth-order valence-corrected chi connectivity index (χ4v) is 3.32.